The molecular formula is C19H25N5O. The maximum absolute atomic E-state index is 13.0. The van der Waals surface area contributed by atoms with Crippen molar-refractivity contribution in [3.05, 3.63) is 41.2 Å². The summed E-state index contributed by atoms with van der Waals surface area (Å²) >= 11 is 0. The van der Waals surface area contributed by atoms with E-state index in [1.807, 2.05) is 50.1 Å². The number of nitrogens with zero attached hydrogens (tertiary/aromatic N) is 4. The van der Waals surface area contributed by atoms with Gasteiger partial charge in [-0.05, 0) is 51.7 Å². The van der Waals surface area contributed by atoms with Crippen molar-refractivity contribution < 1.29 is 4.79 Å². The SMILES string of the molecule is Cc1ccc(-n2nnc(C(=O)N(C)C3CC4CCC(C3)N4)c2C)cc1. The topological polar surface area (TPSA) is 63.1 Å². The molecule has 0 spiro atoms. The molecule has 3 heterocycles. The number of aryl methyl sites for hydroxylation is 1. The second-order valence-electron chi connectivity index (χ2n) is 7.45. The van der Waals surface area contributed by atoms with Crippen LogP contribution in [0.1, 0.15) is 47.4 Å². The zero-order valence-electron chi connectivity index (χ0n) is 15.1. The van der Waals surface area contributed by atoms with Gasteiger partial charge in [-0.25, -0.2) is 4.68 Å². The Morgan fingerprint density at radius 3 is 2.44 bits per heavy atom. The second kappa shape index (κ2) is 6.26. The van der Waals surface area contributed by atoms with Gasteiger partial charge in [0.25, 0.3) is 5.91 Å². The van der Waals surface area contributed by atoms with Crippen molar-refractivity contribution in [3.8, 4) is 5.69 Å². The maximum Gasteiger partial charge on any atom is 0.276 e. The van der Waals surface area contributed by atoms with Crippen LogP contribution in [-0.2, 0) is 0 Å². The van der Waals surface area contributed by atoms with Gasteiger partial charge in [0.15, 0.2) is 5.69 Å². The van der Waals surface area contributed by atoms with Gasteiger partial charge in [0.1, 0.15) is 0 Å². The minimum Gasteiger partial charge on any atom is -0.337 e. The third-order valence-corrected chi connectivity index (χ3v) is 5.69. The average Bonchev–Trinajstić information content (AvgIpc) is 3.16. The number of carbonyl (C=O) groups is 1. The predicted molar refractivity (Wildman–Crippen MR) is 95.9 cm³/mol. The highest BCUT2D eigenvalue weighted by atomic mass is 16.2. The fourth-order valence-electron chi connectivity index (χ4n) is 4.13. The zero-order chi connectivity index (χ0) is 17.6. The van der Waals surface area contributed by atoms with Gasteiger partial charge < -0.3 is 10.2 Å². The summed E-state index contributed by atoms with van der Waals surface area (Å²) in [7, 11) is 1.90. The Morgan fingerprint density at radius 2 is 1.80 bits per heavy atom. The largest absolute Gasteiger partial charge is 0.337 e. The van der Waals surface area contributed by atoms with Crippen LogP contribution in [0.3, 0.4) is 0 Å². The standard InChI is InChI=1S/C19H25N5O/c1-12-4-8-16(9-5-12)24-13(2)18(21-22-24)19(25)23(3)17-10-14-6-7-15(11-17)20-14/h4-5,8-9,14-15,17,20H,6-7,10-11H2,1-3H3. The van der Waals surface area contributed by atoms with E-state index in [9.17, 15) is 4.79 Å². The van der Waals surface area contributed by atoms with Gasteiger partial charge in [0.2, 0.25) is 0 Å². The fraction of sp³-hybridized carbons (Fsp3) is 0.526. The molecule has 1 aromatic heterocycles. The monoisotopic (exact) mass is 339 g/mol. The molecule has 0 radical (unpaired) electrons. The summed E-state index contributed by atoms with van der Waals surface area (Å²) in [6, 6.07) is 9.48. The lowest BCUT2D eigenvalue weighted by Crippen LogP contribution is -2.48. The molecule has 25 heavy (non-hydrogen) atoms. The van der Waals surface area contributed by atoms with E-state index in [0.717, 1.165) is 24.2 Å². The Morgan fingerprint density at radius 1 is 1.16 bits per heavy atom. The number of hydrogen-bond acceptors (Lipinski definition) is 4. The van der Waals surface area contributed by atoms with Crippen molar-refractivity contribution in [2.75, 3.05) is 7.05 Å². The number of nitrogens with one attached hydrogen (secondary N) is 1. The summed E-state index contributed by atoms with van der Waals surface area (Å²) in [4.78, 5) is 14.9. The number of rotatable bonds is 3. The molecule has 2 atom stereocenters. The minimum absolute atomic E-state index is 0.0258. The Labute approximate surface area is 148 Å². The number of piperidine rings is 1. The molecule has 2 saturated heterocycles. The Kier molecular flexibility index (Phi) is 4.07. The van der Waals surface area contributed by atoms with Crippen LogP contribution >= 0.6 is 0 Å². The van der Waals surface area contributed by atoms with E-state index >= 15 is 0 Å². The van der Waals surface area contributed by atoms with Crippen molar-refractivity contribution in [3.63, 3.8) is 0 Å². The van der Waals surface area contributed by atoms with E-state index in [0.29, 0.717) is 17.8 Å². The molecule has 2 aliphatic heterocycles. The Hall–Kier alpha value is -2.21. The summed E-state index contributed by atoms with van der Waals surface area (Å²) in [6.45, 7) is 3.96. The Bertz CT molecular complexity index is 770. The fourth-order valence-corrected chi connectivity index (χ4v) is 4.13. The lowest BCUT2D eigenvalue weighted by atomic mass is 9.98. The summed E-state index contributed by atoms with van der Waals surface area (Å²) in [5, 5.41) is 12.0. The van der Waals surface area contributed by atoms with Gasteiger partial charge in [-0.3, -0.25) is 4.79 Å². The van der Waals surface area contributed by atoms with E-state index < -0.39 is 0 Å². The molecule has 0 saturated carbocycles. The molecule has 1 aromatic carbocycles. The maximum atomic E-state index is 13.0. The van der Waals surface area contributed by atoms with E-state index in [4.69, 9.17) is 0 Å². The molecule has 132 valence electrons. The lowest BCUT2D eigenvalue weighted by molar-refractivity contribution is 0.0675. The normalized spacial score (nSPS) is 25.2. The van der Waals surface area contributed by atoms with Crippen molar-refractivity contribution in [2.24, 2.45) is 0 Å². The van der Waals surface area contributed by atoms with E-state index in [1.54, 1.807) is 4.68 Å². The van der Waals surface area contributed by atoms with Crippen LogP contribution in [0.5, 0.6) is 0 Å². The van der Waals surface area contributed by atoms with E-state index in [2.05, 4.69) is 15.6 Å². The molecule has 2 bridgehead atoms. The van der Waals surface area contributed by atoms with E-state index in [-0.39, 0.29) is 11.9 Å². The third-order valence-electron chi connectivity index (χ3n) is 5.69. The molecule has 2 unspecified atom stereocenters. The number of aromatic nitrogens is 3. The molecule has 0 aliphatic carbocycles. The van der Waals surface area contributed by atoms with Crippen molar-refractivity contribution in [1.29, 1.82) is 0 Å². The summed E-state index contributed by atoms with van der Waals surface area (Å²) < 4.78 is 1.74. The number of fused-ring (bicyclic) bond motifs is 2. The quantitative estimate of drug-likeness (QED) is 0.931. The molecule has 2 aliphatic rings. The molecule has 1 N–H and O–H groups in total. The van der Waals surface area contributed by atoms with Gasteiger partial charge in [-0.1, -0.05) is 22.9 Å². The van der Waals surface area contributed by atoms with Crippen LogP contribution in [0, 0.1) is 13.8 Å². The van der Waals surface area contributed by atoms with Gasteiger partial charge >= 0.3 is 0 Å². The lowest BCUT2D eigenvalue weighted by Gasteiger charge is -2.35. The summed E-state index contributed by atoms with van der Waals surface area (Å²) in [5.74, 6) is -0.0258. The molecule has 4 rings (SSSR count). The van der Waals surface area contributed by atoms with Gasteiger partial charge in [-0.15, -0.1) is 5.10 Å². The number of amides is 1. The first kappa shape index (κ1) is 16.3. The molecule has 2 fully saturated rings. The van der Waals surface area contributed by atoms with Crippen LogP contribution < -0.4 is 5.32 Å². The summed E-state index contributed by atoms with van der Waals surface area (Å²) in [6.07, 6.45) is 4.52. The van der Waals surface area contributed by atoms with Crippen LogP contribution in [0.15, 0.2) is 24.3 Å². The molecule has 6 nitrogen and oxygen atoms in total. The first-order chi connectivity index (χ1) is 12.0. The summed E-state index contributed by atoms with van der Waals surface area (Å²) in [5.41, 5.74) is 3.36. The first-order valence-corrected chi connectivity index (χ1v) is 9.05. The highest BCUT2D eigenvalue weighted by Gasteiger charge is 2.37. The highest BCUT2D eigenvalue weighted by Crippen LogP contribution is 2.30. The number of benzene rings is 1. The predicted octanol–water partition coefficient (Wildman–Crippen LogP) is 2.24. The van der Waals surface area contributed by atoms with Crippen molar-refractivity contribution in [1.82, 2.24) is 25.2 Å². The van der Waals surface area contributed by atoms with Crippen LogP contribution in [-0.4, -0.2) is 51.0 Å². The molecule has 1 amide bonds. The minimum atomic E-state index is -0.0258. The highest BCUT2D eigenvalue weighted by molar-refractivity contribution is 5.93. The van der Waals surface area contributed by atoms with E-state index in [1.165, 1.54) is 18.4 Å². The van der Waals surface area contributed by atoms with Crippen LogP contribution in [0.4, 0.5) is 0 Å². The van der Waals surface area contributed by atoms with Crippen LogP contribution in [0.25, 0.3) is 5.69 Å². The number of hydrogen-bond donors (Lipinski definition) is 1. The average molecular weight is 339 g/mol. The molecule has 6 heteroatoms. The second-order valence-corrected chi connectivity index (χ2v) is 7.45. The first-order valence-electron chi connectivity index (χ1n) is 9.05. The molecular weight excluding hydrogens is 314 g/mol. The number of carbonyl (C=O) groups excluding carboxylic acids is 1. The van der Waals surface area contributed by atoms with Crippen LogP contribution in [0.2, 0.25) is 0 Å². The molecule has 2 aromatic rings. The van der Waals surface area contributed by atoms with Crippen molar-refractivity contribution in [2.45, 2.75) is 57.7 Å². The van der Waals surface area contributed by atoms with Gasteiger partial charge in [0, 0.05) is 25.2 Å². The van der Waals surface area contributed by atoms with Gasteiger partial charge in [-0.2, -0.15) is 0 Å². The zero-order valence-corrected chi connectivity index (χ0v) is 15.1. The van der Waals surface area contributed by atoms with Gasteiger partial charge in [0.05, 0.1) is 11.4 Å². The third kappa shape index (κ3) is 2.95. The smallest absolute Gasteiger partial charge is 0.276 e. The Balaban J connectivity index is 1.55. The van der Waals surface area contributed by atoms with Crippen molar-refractivity contribution >= 4 is 5.91 Å².